The molecule has 0 aliphatic rings. The predicted octanol–water partition coefficient (Wildman–Crippen LogP) is 5.53. The lowest BCUT2D eigenvalue weighted by molar-refractivity contribution is 0.373. The van der Waals surface area contributed by atoms with Crippen LogP contribution in [0, 0.1) is 6.92 Å². The summed E-state index contributed by atoms with van der Waals surface area (Å²) in [5.74, 6) is 1.35. The van der Waals surface area contributed by atoms with Crippen LogP contribution in [0.15, 0.2) is 65.3 Å². The van der Waals surface area contributed by atoms with Crippen molar-refractivity contribution in [3.8, 4) is 22.8 Å². The van der Waals surface area contributed by atoms with Gasteiger partial charge in [-0.3, -0.25) is 4.40 Å². The minimum Gasteiger partial charge on any atom is -0.504 e. The van der Waals surface area contributed by atoms with Crippen molar-refractivity contribution in [1.82, 2.24) is 9.38 Å². The number of hydrogen-bond acceptors (Lipinski definition) is 4. The largest absolute Gasteiger partial charge is 0.504 e. The van der Waals surface area contributed by atoms with E-state index in [1.54, 1.807) is 12.1 Å². The van der Waals surface area contributed by atoms with Crippen molar-refractivity contribution in [1.29, 1.82) is 0 Å². The van der Waals surface area contributed by atoms with Gasteiger partial charge < -0.3 is 15.2 Å². The summed E-state index contributed by atoms with van der Waals surface area (Å²) in [4.78, 5) is 4.80. The van der Waals surface area contributed by atoms with Crippen molar-refractivity contribution < 1.29 is 9.84 Å². The van der Waals surface area contributed by atoms with Crippen LogP contribution in [0.2, 0.25) is 0 Å². The highest BCUT2D eigenvalue weighted by Gasteiger charge is 2.17. The standard InChI is InChI=1S/C21H18BrN3O2/c1-13-5-3-4-6-16(13)23-21-20(14-7-9-17(26)18(11-14)27-2)24-19-10-8-15(22)12-25(19)21/h3-12,23,26H,1-2H3. The normalized spacial score (nSPS) is 10.9. The minimum absolute atomic E-state index is 0.0983. The summed E-state index contributed by atoms with van der Waals surface area (Å²) >= 11 is 3.53. The van der Waals surface area contributed by atoms with E-state index in [0.717, 1.165) is 38.4 Å². The van der Waals surface area contributed by atoms with E-state index in [-0.39, 0.29) is 5.75 Å². The Morgan fingerprint density at radius 3 is 2.70 bits per heavy atom. The van der Waals surface area contributed by atoms with Crippen molar-refractivity contribution >= 4 is 33.1 Å². The van der Waals surface area contributed by atoms with Gasteiger partial charge in [0.15, 0.2) is 11.5 Å². The number of anilines is 2. The number of aryl methyl sites for hydroxylation is 1. The second kappa shape index (κ2) is 6.96. The molecule has 0 radical (unpaired) electrons. The average Bonchev–Trinajstić information content (AvgIpc) is 3.02. The Labute approximate surface area is 165 Å². The molecule has 0 saturated carbocycles. The lowest BCUT2D eigenvalue weighted by atomic mass is 10.1. The van der Waals surface area contributed by atoms with Gasteiger partial charge in [0.25, 0.3) is 0 Å². The van der Waals surface area contributed by atoms with Crippen LogP contribution in [0.25, 0.3) is 16.9 Å². The van der Waals surface area contributed by atoms with Gasteiger partial charge in [-0.15, -0.1) is 0 Å². The molecule has 136 valence electrons. The maximum atomic E-state index is 9.93. The van der Waals surface area contributed by atoms with Gasteiger partial charge in [-0.2, -0.15) is 0 Å². The molecule has 0 unspecified atom stereocenters. The maximum Gasteiger partial charge on any atom is 0.161 e. The van der Waals surface area contributed by atoms with Crippen LogP contribution in [0.5, 0.6) is 11.5 Å². The quantitative estimate of drug-likeness (QED) is 0.452. The molecule has 2 aromatic carbocycles. The van der Waals surface area contributed by atoms with Crippen LogP contribution >= 0.6 is 15.9 Å². The van der Waals surface area contributed by atoms with Gasteiger partial charge in [-0.25, -0.2) is 4.98 Å². The molecule has 2 aromatic heterocycles. The number of halogens is 1. The van der Waals surface area contributed by atoms with Crippen LogP contribution in [0.3, 0.4) is 0 Å². The third-order valence-corrected chi connectivity index (χ3v) is 4.90. The second-order valence-electron chi connectivity index (χ2n) is 6.21. The number of phenolic OH excluding ortho intramolecular Hbond substituents is 1. The molecule has 27 heavy (non-hydrogen) atoms. The Hall–Kier alpha value is -2.99. The number of pyridine rings is 1. The fraction of sp³-hybridized carbons (Fsp3) is 0.0952. The van der Waals surface area contributed by atoms with Gasteiger partial charge in [0.1, 0.15) is 17.2 Å². The number of fused-ring (bicyclic) bond motifs is 1. The number of hydrogen-bond donors (Lipinski definition) is 2. The van der Waals surface area contributed by atoms with Crippen molar-refractivity contribution in [2.45, 2.75) is 6.92 Å². The lowest BCUT2D eigenvalue weighted by Gasteiger charge is -2.12. The Morgan fingerprint density at radius 1 is 1.11 bits per heavy atom. The SMILES string of the molecule is COc1cc(-c2nc3ccc(Br)cn3c2Nc2ccccc2C)ccc1O. The van der Waals surface area contributed by atoms with Gasteiger partial charge >= 0.3 is 0 Å². The molecule has 6 heteroatoms. The van der Waals surface area contributed by atoms with Gasteiger partial charge in [-0.05, 0) is 64.8 Å². The van der Waals surface area contributed by atoms with Crippen LogP contribution < -0.4 is 10.1 Å². The van der Waals surface area contributed by atoms with E-state index in [1.165, 1.54) is 7.11 Å². The van der Waals surface area contributed by atoms with E-state index in [4.69, 9.17) is 9.72 Å². The summed E-state index contributed by atoms with van der Waals surface area (Å²) in [7, 11) is 1.53. The topological polar surface area (TPSA) is 58.8 Å². The number of para-hydroxylation sites is 1. The highest BCUT2D eigenvalue weighted by molar-refractivity contribution is 9.10. The molecule has 5 nitrogen and oxygen atoms in total. The van der Waals surface area contributed by atoms with Crippen LogP contribution in [-0.2, 0) is 0 Å². The Bertz CT molecular complexity index is 1140. The number of rotatable bonds is 4. The number of aromatic nitrogens is 2. The lowest BCUT2D eigenvalue weighted by Crippen LogP contribution is -1.98. The molecule has 0 saturated heterocycles. The molecular formula is C21H18BrN3O2. The number of imidazole rings is 1. The Kier molecular flexibility index (Phi) is 4.49. The first-order valence-electron chi connectivity index (χ1n) is 8.44. The van der Waals surface area contributed by atoms with E-state index in [9.17, 15) is 5.11 Å². The first kappa shape index (κ1) is 17.4. The zero-order valence-corrected chi connectivity index (χ0v) is 16.5. The molecule has 0 fully saturated rings. The highest BCUT2D eigenvalue weighted by Crippen LogP contribution is 2.36. The van der Waals surface area contributed by atoms with Crippen molar-refractivity contribution in [3.05, 3.63) is 70.8 Å². The number of nitrogens with one attached hydrogen (secondary N) is 1. The fourth-order valence-corrected chi connectivity index (χ4v) is 3.34. The number of ether oxygens (including phenoxy) is 1. The molecule has 0 amide bonds. The van der Waals surface area contributed by atoms with Gasteiger partial charge in [-0.1, -0.05) is 18.2 Å². The van der Waals surface area contributed by atoms with Crippen molar-refractivity contribution in [3.63, 3.8) is 0 Å². The zero-order chi connectivity index (χ0) is 19.0. The number of nitrogens with zero attached hydrogens (tertiary/aromatic N) is 2. The molecule has 2 heterocycles. The molecule has 0 aliphatic carbocycles. The molecule has 0 spiro atoms. The summed E-state index contributed by atoms with van der Waals surface area (Å²) in [6.07, 6.45) is 1.98. The molecule has 2 N–H and O–H groups in total. The van der Waals surface area contributed by atoms with Gasteiger partial charge in [0.2, 0.25) is 0 Å². The second-order valence-corrected chi connectivity index (χ2v) is 7.13. The maximum absolute atomic E-state index is 9.93. The average molecular weight is 424 g/mol. The number of phenols is 1. The molecule has 4 rings (SSSR count). The fourth-order valence-electron chi connectivity index (χ4n) is 3.01. The smallest absolute Gasteiger partial charge is 0.161 e. The predicted molar refractivity (Wildman–Crippen MR) is 111 cm³/mol. The summed E-state index contributed by atoms with van der Waals surface area (Å²) in [5.41, 5.74) is 4.58. The molecule has 0 bridgehead atoms. The van der Waals surface area contributed by atoms with Crippen molar-refractivity contribution in [2.75, 3.05) is 12.4 Å². The van der Waals surface area contributed by atoms with Gasteiger partial charge in [0, 0.05) is 21.9 Å². The number of aromatic hydroxyl groups is 1. The number of methoxy groups -OCH3 is 1. The van der Waals surface area contributed by atoms with Crippen LogP contribution in [0.1, 0.15) is 5.56 Å². The third-order valence-electron chi connectivity index (χ3n) is 4.43. The van der Waals surface area contributed by atoms with E-state index < -0.39 is 0 Å². The summed E-state index contributed by atoms with van der Waals surface area (Å²) < 4.78 is 8.22. The molecule has 0 atom stereocenters. The van der Waals surface area contributed by atoms with E-state index in [0.29, 0.717) is 5.75 Å². The van der Waals surface area contributed by atoms with E-state index >= 15 is 0 Å². The third kappa shape index (κ3) is 3.24. The van der Waals surface area contributed by atoms with Crippen molar-refractivity contribution in [2.24, 2.45) is 0 Å². The Balaban J connectivity index is 1.93. The number of benzene rings is 2. The molecule has 4 aromatic rings. The minimum atomic E-state index is 0.0983. The monoisotopic (exact) mass is 423 g/mol. The van der Waals surface area contributed by atoms with E-state index in [2.05, 4.69) is 34.2 Å². The molecular weight excluding hydrogens is 406 g/mol. The summed E-state index contributed by atoms with van der Waals surface area (Å²) in [5, 5.41) is 13.4. The van der Waals surface area contributed by atoms with Gasteiger partial charge in [0.05, 0.1) is 7.11 Å². The highest BCUT2D eigenvalue weighted by atomic mass is 79.9. The van der Waals surface area contributed by atoms with E-state index in [1.807, 2.05) is 47.0 Å². The Morgan fingerprint density at radius 2 is 1.93 bits per heavy atom. The van der Waals surface area contributed by atoms with Crippen LogP contribution in [0.4, 0.5) is 11.5 Å². The first-order valence-corrected chi connectivity index (χ1v) is 9.24. The first-order chi connectivity index (χ1) is 13.1. The van der Waals surface area contributed by atoms with Crippen LogP contribution in [-0.4, -0.2) is 21.6 Å². The summed E-state index contributed by atoms with van der Waals surface area (Å²) in [6.45, 7) is 2.06. The zero-order valence-electron chi connectivity index (χ0n) is 14.9. The molecule has 0 aliphatic heterocycles. The summed E-state index contributed by atoms with van der Waals surface area (Å²) in [6, 6.07) is 17.3.